The first-order chi connectivity index (χ1) is 13.7. The van der Waals surface area contributed by atoms with Gasteiger partial charge in [-0.25, -0.2) is 9.18 Å². The topological polar surface area (TPSA) is 81.7 Å². The lowest BCUT2D eigenvalue weighted by Gasteiger charge is -2.23. The maximum Gasteiger partial charge on any atom is 0.329 e. The Morgan fingerprint density at radius 2 is 1.45 bits per heavy atom. The van der Waals surface area contributed by atoms with Crippen molar-refractivity contribution in [3.63, 3.8) is 0 Å². The van der Waals surface area contributed by atoms with Crippen LogP contribution in [0.1, 0.15) is 41.5 Å². The zero-order valence-corrected chi connectivity index (χ0v) is 16.8. The van der Waals surface area contributed by atoms with Crippen molar-refractivity contribution in [1.82, 2.24) is 5.32 Å². The van der Waals surface area contributed by atoms with E-state index in [9.17, 15) is 18.8 Å². The van der Waals surface area contributed by atoms with E-state index in [0.29, 0.717) is 11.3 Å². The number of hydrogen-bond donors (Lipinski definition) is 1. The summed E-state index contributed by atoms with van der Waals surface area (Å²) in [7, 11) is 1.52. The summed E-state index contributed by atoms with van der Waals surface area (Å²) in [6, 6.07) is 10.5. The number of esters is 1. The summed E-state index contributed by atoms with van der Waals surface area (Å²) >= 11 is 0. The molecule has 2 atom stereocenters. The first-order valence-electron chi connectivity index (χ1n) is 9.18. The highest BCUT2D eigenvalue weighted by atomic mass is 19.1. The van der Waals surface area contributed by atoms with Gasteiger partial charge in [-0.1, -0.05) is 13.8 Å². The Morgan fingerprint density at radius 1 is 0.897 bits per heavy atom. The Labute approximate surface area is 169 Å². The second-order valence-electron chi connectivity index (χ2n) is 6.87. The number of nitrogens with one attached hydrogen (secondary N) is 1. The van der Waals surface area contributed by atoms with Gasteiger partial charge in [0.25, 0.3) is 5.91 Å². The van der Waals surface area contributed by atoms with Gasteiger partial charge < -0.3 is 14.8 Å². The van der Waals surface area contributed by atoms with E-state index in [1.54, 1.807) is 38.1 Å². The molecule has 0 spiro atoms. The Bertz CT molecular complexity index is 862. The van der Waals surface area contributed by atoms with Crippen LogP contribution in [0.4, 0.5) is 4.39 Å². The van der Waals surface area contributed by atoms with Gasteiger partial charge in [0.05, 0.1) is 7.11 Å². The molecule has 2 aromatic rings. The second-order valence-corrected chi connectivity index (χ2v) is 6.87. The van der Waals surface area contributed by atoms with Gasteiger partial charge in [-0.2, -0.15) is 0 Å². The Balaban J connectivity index is 2.04. The van der Waals surface area contributed by atoms with Gasteiger partial charge in [-0.05, 0) is 61.4 Å². The average Bonchev–Trinajstić information content (AvgIpc) is 2.71. The fraction of sp³-hybridized carbons (Fsp3) is 0.318. The van der Waals surface area contributed by atoms with E-state index < -0.39 is 29.8 Å². The number of Topliss-reactive ketones (excluding diaryl/α,β-unsaturated/α-hetero) is 1. The number of halogens is 1. The zero-order chi connectivity index (χ0) is 21.6. The van der Waals surface area contributed by atoms with Crippen molar-refractivity contribution in [1.29, 1.82) is 0 Å². The molecule has 0 aromatic heterocycles. The molecular formula is C22H24FNO5. The number of ether oxygens (including phenoxy) is 2. The molecule has 0 aliphatic heterocycles. The molecule has 0 aliphatic rings. The lowest BCUT2D eigenvalue weighted by molar-refractivity contribution is -0.149. The molecule has 1 N–H and O–H groups in total. The molecule has 0 aliphatic carbocycles. The van der Waals surface area contributed by atoms with E-state index in [0.717, 1.165) is 12.1 Å². The third-order valence-corrected chi connectivity index (χ3v) is 4.35. The van der Waals surface area contributed by atoms with Gasteiger partial charge in [-0.15, -0.1) is 0 Å². The van der Waals surface area contributed by atoms with E-state index in [2.05, 4.69) is 5.32 Å². The minimum atomic E-state index is -1.03. The average molecular weight is 401 g/mol. The van der Waals surface area contributed by atoms with Gasteiger partial charge in [0.1, 0.15) is 17.6 Å². The Hall–Kier alpha value is -3.22. The molecule has 0 heterocycles. The summed E-state index contributed by atoms with van der Waals surface area (Å²) in [4.78, 5) is 37.4. The van der Waals surface area contributed by atoms with Crippen LogP contribution < -0.4 is 10.1 Å². The van der Waals surface area contributed by atoms with Gasteiger partial charge in [-0.3, -0.25) is 9.59 Å². The molecule has 6 nitrogen and oxygen atoms in total. The molecule has 0 fully saturated rings. The molecule has 0 saturated carbocycles. The number of methoxy groups -OCH3 is 1. The zero-order valence-electron chi connectivity index (χ0n) is 16.8. The van der Waals surface area contributed by atoms with Crippen LogP contribution in [0.2, 0.25) is 0 Å². The standard InChI is InChI=1S/C22H24FNO5/c1-13(2)19(24-21(26)16-5-9-17(23)10-6-16)22(27)29-14(3)20(25)15-7-11-18(28-4)12-8-15/h5-14,19H,1-4H3,(H,24,26)/t14-,19-/m0/s1. The van der Waals surface area contributed by atoms with Gasteiger partial charge in [0.15, 0.2) is 6.10 Å². The molecule has 0 bridgehead atoms. The number of carbonyl (C=O) groups excluding carboxylic acids is 3. The molecule has 0 saturated heterocycles. The molecule has 2 aromatic carbocycles. The SMILES string of the molecule is COc1ccc(C(=O)[C@H](C)OC(=O)[C@@H](NC(=O)c2ccc(F)cc2)C(C)C)cc1. The monoisotopic (exact) mass is 401 g/mol. The van der Waals surface area contributed by atoms with E-state index >= 15 is 0 Å². The van der Waals surface area contributed by atoms with Crippen molar-refractivity contribution in [2.24, 2.45) is 5.92 Å². The van der Waals surface area contributed by atoms with Crippen LogP contribution in [0.3, 0.4) is 0 Å². The van der Waals surface area contributed by atoms with Crippen LogP contribution in [-0.4, -0.2) is 36.9 Å². The lowest BCUT2D eigenvalue weighted by Crippen LogP contribution is -2.46. The van der Waals surface area contributed by atoms with Gasteiger partial charge in [0.2, 0.25) is 5.78 Å². The smallest absolute Gasteiger partial charge is 0.329 e. The fourth-order valence-electron chi connectivity index (χ4n) is 2.61. The molecule has 2 rings (SSSR count). The van der Waals surface area contributed by atoms with Crippen LogP contribution in [0, 0.1) is 11.7 Å². The fourth-order valence-corrected chi connectivity index (χ4v) is 2.61. The molecular weight excluding hydrogens is 377 g/mol. The lowest BCUT2D eigenvalue weighted by atomic mass is 10.0. The summed E-state index contributed by atoms with van der Waals surface area (Å²) < 4.78 is 23.4. The van der Waals surface area contributed by atoms with Gasteiger partial charge in [0, 0.05) is 11.1 Å². The van der Waals surface area contributed by atoms with Crippen molar-refractivity contribution >= 4 is 17.7 Å². The van der Waals surface area contributed by atoms with Crippen LogP contribution in [0.5, 0.6) is 5.75 Å². The van der Waals surface area contributed by atoms with Crippen molar-refractivity contribution in [2.45, 2.75) is 32.9 Å². The molecule has 0 unspecified atom stereocenters. The molecule has 0 radical (unpaired) electrons. The molecule has 29 heavy (non-hydrogen) atoms. The normalized spacial score (nSPS) is 12.8. The van der Waals surface area contributed by atoms with E-state index in [1.807, 2.05) is 0 Å². The first kappa shape index (κ1) is 22.1. The van der Waals surface area contributed by atoms with Crippen molar-refractivity contribution in [3.05, 3.63) is 65.5 Å². The van der Waals surface area contributed by atoms with Crippen LogP contribution in [0.25, 0.3) is 0 Å². The van der Waals surface area contributed by atoms with Crippen molar-refractivity contribution < 1.29 is 28.2 Å². The van der Waals surface area contributed by atoms with Gasteiger partial charge >= 0.3 is 5.97 Å². The highest BCUT2D eigenvalue weighted by molar-refractivity contribution is 6.01. The van der Waals surface area contributed by atoms with E-state index in [1.165, 1.54) is 26.2 Å². The Kier molecular flexibility index (Phi) is 7.47. The second kappa shape index (κ2) is 9.82. The summed E-state index contributed by atoms with van der Waals surface area (Å²) in [6.45, 7) is 4.96. The van der Waals surface area contributed by atoms with Crippen LogP contribution in [0.15, 0.2) is 48.5 Å². The number of rotatable bonds is 8. The third-order valence-electron chi connectivity index (χ3n) is 4.35. The Morgan fingerprint density at radius 3 is 1.97 bits per heavy atom. The predicted octanol–water partition coefficient (Wildman–Crippen LogP) is 3.40. The number of hydrogen-bond acceptors (Lipinski definition) is 5. The number of benzene rings is 2. The van der Waals surface area contributed by atoms with Crippen LogP contribution in [-0.2, 0) is 9.53 Å². The summed E-state index contributed by atoms with van der Waals surface area (Å²) in [5.41, 5.74) is 0.592. The largest absolute Gasteiger partial charge is 0.497 e. The molecule has 7 heteroatoms. The van der Waals surface area contributed by atoms with E-state index in [-0.39, 0.29) is 17.3 Å². The summed E-state index contributed by atoms with van der Waals surface area (Å²) in [5.74, 6) is -1.76. The summed E-state index contributed by atoms with van der Waals surface area (Å²) in [5, 5.41) is 2.59. The van der Waals surface area contributed by atoms with Crippen LogP contribution >= 0.6 is 0 Å². The van der Waals surface area contributed by atoms with Crippen molar-refractivity contribution in [2.75, 3.05) is 7.11 Å². The minimum absolute atomic E-state index is 0.215. The number of ketones is 1. The maximum absolute atomic E-state index is 13.0. The number of carbonyl (C=O) groups is 3. The predicted molar refractivity (Wildman–Crippen MR) is 105 cm³/mol. The maximum atomic E-state index is 13.0. The highest BCUT2D eigenvalue weighted by Crippen LogP contribution is 2.15. The third kappa shape index (κ3) is 5.88. The first-order valence-corrected chi connectivity index (χ1v) is 9.18. The minimum Gasteiger partial charge on any atom is -0.497 e. The highest BCUT2D eigenvalue weighted by Gasteiger charge is 2.29. The van der Waals surface area contributed by atoms with Crippen molar-refractivity contribution in [3.8, 4) is 5.75 Å². The number of amides is 1. The van der Waals surface area contributed by atoms with E-state index in [4.69, 9.17) is 9.47 Å². The summed E-state index contributed by atoms with van der Waals surface area (Å²) in [6.07, 6.45) is -1.03. The quantitative estimate of drug-likeness (QED) is 0.542. The molecule has 154 valence electrons. The molecule has 1 amide bonds.